The molecule has 3 saturated heterocycles. The van der Waals surface area contributed by atoms with Crippen LogP contribution in [0.5, 0.6) is 0 Å². The standard InChI is InChI=1S/C22H31F2N5O2.Cs/c1-14-12-29(9-8-28(14)13-15-4-6-25-7-5-15)21-17(23)10-16(11-18(21)24)26-19-2-3-20(30)27-22(19)31;/h10-11,14-15,19,25-26H,2-9,12-13H2,1H3,(H,27,30,31);/q;+1/p+1. The number of nitrogens with zero attached hydrogens (tertiary/aromatic N) is 1. The minimum atomic E-state index is -0.676. The van der Waals surface area contributed by atoms with Gasteiger partial charge in [0, 0.05) is 18.0 Å². The van der Waals surface area contributed by atoms with Crippen LogP contribution in [0.3, 0.4) is 0 Å². The van der Waals surface area contributed by atoms with E-state index in [4.69, 9.17) is 0 Å². The Bertz CT molecular complexity index is 814. The molecule has 3 heterocycles. The third-order valence-corrected chi connectivity index (χ3v) is 6.82. The molecule has 0 saturated carbocycles. The molecule has 170 valence electrons. The molecular formula is C22H32CsF2N5O2+2. The molecule has 7 nitrogen and oxygen atoms in total. The maximum absolute atomic E-state index is 14.9. The van der Waals surface area contributed by atoms with Gasteiger partial charge in [0.25, 0.3) is 0 Å². The largest absolute Gasteiger partial charge is 1.00 e. The quantitative estimate of drug-likeness (QED) is 0.290. The predicted octanol–water partition coefficient (Wildman–Crippen LogP) is -2.72. The van der Waals surface area contributed by atoms with Crippen LogP contribution >= 0.6 is 0 Å². The Morgan fingerprint density at radius 1 is 1.16 bits per heavy atom. The molecule has 0 spiro atoms. The number of carbonyl (C=O) groups is 2. The number of amides is 2. The molecule has 0 aromatic heterocycles. The summed E-state index contributed by atoms with van der Waals surface area (Å²) < 4.78 is 29.8. The number of imide groups is 1. The first-order chi connectivity index (χ1) is 14.9. The minimum Gasteiger partial charge on any atom is -0.373 e. The topological polar surface area (TPSA) is 77.9 Å². The van der Waals surface area contributed by atoms with Crippen molar-refractivity contribution in [2.45, 2.75) is 44.7 Å². The summed E-state index contributed by atoms with van der Waals surface area (Å²) in [6.07, 6.45) is 2.90. The van der Waals surface area contributed by atoms with Crippen LogP contribution in [0.4, 0.5) is 20.2 Å². The monoisotopic (exact) mass is 569 g/mol. The van der Waals surface area contributed by atoms with Crippen molar-refractivity contribution in [1.29, 1.82) is 0 Å². The SMILES string of the molecule is CC1CN(c2c(F)cc(NC3CCC(=O)NC3=O)cc2F)CC[NH+]1CC1CCNCC1.[Cs+]. The van der Waals surface area contributed by atoms with Crippen LogP contribution in [0.25, 0.3) is 0 Å². The third kappa shape index (κ3) is 6.47. The van der Waals surface area contributed by atoms with Crippen molar-refractivity contribution in [3.8, 4) is 0 Å². The Morgan fingerprint density at radius 3 is 2.47 bits per heavy atom. The maximum Gasteiger partial charge on any atom is 1.00 e. The van der Waals surface area contributed by atoms with E-state index < -0.39 is 23.6 Å². The molecule has 10 heteroatoms. The fourth-order valence-electron chi connectivity index (χ4n) is 5.02. The minimum absolute atomic E-state index is 0. The zero-order chi connectivity index (χ0) is 22.0. The molecular weight excluding hydrogens is 537 g/mol. The number of hydrogen-bond donors (Lipinski definition) is 4. The number of halogens is 2. The summed E-state index contributed by atoms with van der Waals surface area (Å²) >= 11 is 0. The fourth-order valence-corrected chi connectivity index (χ4v) is 5.02. The van der Waals surface area contributed by atoms with Gasteiger partial charge in [-0.05, 0) is 51.4 Å². The molecule has 3 fully saturated rings. The summed E-state index contributed by atoms with van der Waals surface area (Å²) in [5, 5.41) is 8.49. The summed E-state index contributed by atoms with van der Waals surface area (Å²) in [5.41, 5.74) is 0.207. The number of quaternary nitrogens is 1. The molecule has 1 aromatic carbocycles. The third-order valence-electron chi connectivity index (χ3n) is 6.82. The van der Waals surface area contributed by atoms with Crippen molar-refractivity contribution in [1.82, 2.24) is 10.6 Å². The number of benzene rings is 1. The first kappa shape index (κ1) is 26.4. The van der Waals surface area contributed by atoms with Gasteiger partial charge in [-0.25, -0.2) is 8.78 Å². The van der Waals surface area contributed by atoms with E-state index in [1.807, 2.05) is 0 Å². The molecule has 3 aliphatic rings. The Morgan fingerprint density at radius 2 is 1.84 bits per heavy atom. The Kier molecular flexibility index (Phi) is 9.87. The molecule has 3 aliphatic heterocycles. The van der Waals surface area contributed by atoms with Crippen LogP contribution in [-0.2, 0) is 9.59 Å². The summed E-state index contributed by atoms with van der Waals surface area (Å²) in [6, 6.07) is 2.09. The van der Waals surface area contributed by atoms with Gasteiger partial charge in [0.15, 0.2) is 11.6 Å². The van der Waals surface area contributed by atoms with Crippen molar-refractivity contribution >= 4 is 23.2 Å². The van der Waals surface area contributed by atoms with E-state index in [2.05, 4.69) is 22.9 Å². The maximum atomic E-state index is 14.9. The molecule has 32 heavy (non-hydrogen) atoms. The molecule has 3 atom stereocenters. The van der Waals surface area contributed by atoms with E-state index in [1.165, 1.54) is 29.9 Å². The van der Waals surface area contributed by atoms with Gasteiger partial charge in [-0.2, -0.15) is 0 Å². The number of hydrogen-bond acceptors (Lipinski definition) is 5. The van der Waals surface area contributed by atoms with Crippen LogP contribution in [0.1, 0.15) is 32.6 Å². The zero-order valence-corrected chi connectivity index (χ0v) is 25.3. The number of carbonyl (C=O) groups excluding carboxylic acids is 2. The Labute approximate surface area is 246 Å². The van der Waals surface area contributed by atoms with Crippen LogP contribution < -0.4 is 94.6 Å². The van der Waals surface area contributed by atoms with Gasteiger partial charge in [-0.1, -0.05) is 0 Å². The number of nitrogens with one attached hydrogen (secondary N) is 4. The van der Waals surface area contributed by atoms with Gasteiger partial charge in [0.05, 0.1) is 26.2 Å². The second kappa shape index (κ2) is 12.0. The molecule has 0 radical (unpaired) electrons. The average Bonchev–Trinajstić information content (AvgIpc) is 2.72. The van der Waals surface area contributed by atoms with Gasteiger partial charge in [0.1, 0.15) is 17.8 Å². The molecule has 4 N–H and O–H groups in total. The molecule has 1 aromatic rings. The van der Waals surface area contributed by atoms with E-state index in [0.717, 1.165) is 32.1 Å². The second-order valence-electron chi connectivity index (χ2n) is 9.09. The first-order valence-corrected chi connectivity index (χ1v) is 11.3. The van der Waals surface area contributed by atoms with Crippen molar-refractivity contribution in [2.24, 2.45) is 5.92 Å². The second-order valence-corrected chi connectivity index (χ2v) is 9.09. The number of piperidine rings is 2. The van der Waals surface area contributed by atoms with Crippen molar-refractivity contribution in [3.05, 3.63) is 23.8 Å². The average molecular weight is 569 g/mol. The fraction of sp³-hybridized carbons (Fsp3) is 0.636. The van der Waals surface area contributed by atoms with E-state index >= 15 is 0 Å². The summed E-state index contributed by atoms with van der Waals surface area (Å²) in [6.45, 7) is 7.50. The van der Waals surface area contributed by atoms with Gasteiger partial charge in [-0.3, -0.25) is 14.9 Å². The number of anilines is 2. The summed E-state index contributed by atoms with van der Waals surface area (Å²) in [7, 11) is 0. The van der Waals surface area contributed by atoms with Crippen LogP contribution in [-0.4, -0.2) is 63.2 Å². The number of rotatable bonds is 5. The first-order valence-electron chi connectivity index (χ1n) is 11.3. The van der Waals surface area contributed by atoms with E-state index in [9.17, 15) is 18.4 Å². The summed E-state index contributed by atoms with van der Waals surface area (Å²) in [4.78, 5) is 26.5. The molecule has 0 aliphatic carbocycles. The van der Waals surface area contributed by atoms with Gasteiger partial charge in [-0.15, -0.1) is 0 Å². The molecule has 0 bridgehead atoms. The van der Waals surface area contributed by atoms with Gasteiger partial charge in [0.2, 0.25) is 11.8 Å². The van der Waals surface area contributed by atoms with E-state index in [1.54, 1.807) is 4.90 Å². The van der Waals surface area contributed by atoms with E-state index in [-0.39, 0.29) is 92.6 Å². The Hall–Kier alpha value is -0.208. The van der Waals surface area contributed by atoms with Crippen molar-refractivity contribution < 1.29 is 92.2 Å². The van der Waals surface area contributed by atoms with Crippen LogP contribution in [0, 0.1) is 17.6 Å². The van der Waals surface area contributed by atoms with Crippen molar-refractivity contribution in [2.75, 3.05) is 49.5 Å². The van der Waals surface area contributed by atoms with Gasteiger partial charge >= 0.3 is 68.9 Å². The zero-order valence-electron chi connectivity index (χ0n) is 19.0. The molecule has 4 rings (SSSR count). The molecule has 2 amide bonds. The Balaban J connectivity index is 0.00000289. The predicted molar refractivity (Wildman–Crippen MR) is 114 cm³/mol. The van der Waals surface area contributed by atoms with Crippen LogP contribution in [0.2, 0.25) is 0 Å². The van der Waals surface area contributed by atoms with Gasteiger partial charge < -0.3 is 20.4 Å². The van der Waals surface area contributed by atoms with Crippen LogP contribution in [0.15, 0.2) is 12.1 Å². The van der Waals surface area contributed by atoms with E-state index in [0.29, 0.717) is 25.6 Å². The van der Waals surface area contributed by atoms with Crippen molar-refractivity contribution in [3.63, 3.8) is 0 Å². The normalized spacial score (nSPS) is 27.0. The smallest absolute Gasteiger partial charge is 0.373 e. The molecule has 3 unspecified atom stereocenters. The number of piperazine rings is 1. The summed E-state index contributed by atoms with van der Waals surface area (Å²) in [5.74, 6) is -1.35.